The minimum absolute atomic E-state index is 0.109. The minimum Gasteiger partial charge on any atom is -0.444 e. The van der Waals surface area contributed by atoms with Crippen LogP contribution in [-0.2, 0) is 4.74 Å². The lowest BCUT2D eigenvalue weighted by molar-refractivity contribution is 0.0179. The van der Waals surface area contributed by atoms with Gasteiger partial charge in [0.05, 0.1) is 6.04 Å². The molecule has 11 heavy (non-hydrogen) atoms. The summed E-state index contributed by atoms with van der Waals surface area (Å²) in [4.78, 5) is 10.7. The maximum atomic E-state index is 10.7. The van der Waals surface area contributed by atoms with Gasteiger partial charge in [-0.25, -0.2) is 10.2 Å². The molecule has 2 N–H and O–H groups in total. The topological polar surface area (TPSA) is 50.4 Å². The lowest BCUT2D eigenvalue weighted by Crippen LogP contribution is -2.58. The zero-order valence-electron chi connectivity index (χ0n) is 6.30. The van der Waals surface area contributed by atoms with E-state index in [2.05, 4.69) is 10.9 Å². The molecule has 0 aromatic heterocycles. The second kappa shape index (κ2) is 2.70. The predicted octanol–water partition coefficient (Wildman–Crippen LogP) is 0.542. The first kappa shape index (κ1) is 6.91. The van der Waals surface area contributed by atoms with Crippen molar-refractivity contribution in [3.05, 3.63) is 0 Å². The number of nitrogens with one attached hydrogen (secondary N) is 2. The van der Waals surface area contributed by atoms with E-state index in [-0.39, 0.29) is 12.2 Å². The Morgan fingerprint density at radius 2 is 2.18 bits per heavy atom. The molecule has 2 aliphatic rings. The van der Waals surface area contributed by atoms with Crippen molar-refractivity contribution < 1.29 is 9.53 Å². The number of carbonyl (C=O) groups is 1. The summed E-state index contributed by atoms with van der Waals surface area (Å²) in [5.41, 5.74) is 5.42. The van der Waals surface area contributed by atoms with Crippen molar-refractivity contribution in [2.75, 3.05) is 0 Å². The van der Waals surface area contributed by atoms with Crippen molar-refractivity contribution in [1.29, 1.82) is 0 Å². The first-order valence-corrected chi connectivity index (χ1v) is 4.08. The number of hydrogen-bond donors (Lipinski definition) is 2. The molecule has 0 aromatic rings. The molecule has 1 aliphatic heterocycles. The maximum Gasteiger partial charge on any atom is 0.421 e. The molecule has 1 saturated heterocycles. The van der Waals surface area contributed by atoms with Crippen molar-refractivity contribution in [1.82, 2.24) is 10.9 Å². The van der Waals surface area contributed by atoms with Crippen molar-refractivity contribution in [2.45, 2.75) is 37.8 Å². The largest absolute Gasteiger partial charge is 0.444 e. The summed E-state index contributed by atoms with van der Waals surface area (Å²) in [7, 11) is 0. The van der Waals surface area contributed by atoms with Gasteiger partial charge < -0.3 is 4.74 Å². The molecule has 1 saturated carbocycles. The number of hydrogen-bond acceptors (Lipinski definition) is 3. The van der Waals surface area contributed by atoms with Crippen LogP contribution in [0.4, 0.5) is 4.79 Å². The monoisotopic (exact) mass is 156 g/mol. The molecular formula is C7H12N2O2. The highest BCUT2D eigenvalue weighted by Gasteiger charge is 2.31. The van der Waals surface area contributed by atoms with Crippen LogP contribution in [0, 0.1) is 0 Å². The molecule has 0 unspecified atom stereocenters. The Balaban J connectivity index is 1.98. The van der Waals surface area contributed by atoms with Crippen molar-refractivity contribution in [2.24, 2.45) is 0 Å². The molecule has 0 spiro atoms. The molecule has 0 aromatic carbocycles. The SMILES string of the molecule is O=C1NN[C@@H]2CCCC[C@@H]2O1. The molecule has 4 nitrogen and oxygen atoms in total. The third-order valence-electron chi connectivity index (χ3n) is 2.32. The van der Waals surface area contributed by atoms with Gasteiger partial charge in [0.1, 0.15) is 6.10 Å². The van der Waals surface area contributed by atoms with E-state index in [0.717, 1.165) is 12.8 Å². The third kappa shape index (κ3) is 1.30. The molecule has 1 aliphatic carbocycles. The molecule has 2 atom stereocenters. The Bertz CT molecular complexity index is 172. The quantitative estimate of drug-likeness (QED) is 0.538. The minimum atomic E-state index is -0.340. The van der Waals surface area contributed by atoms with Crippen molar-refractivity contribution in [3.8, 4) is 0 Å². The molecule has 4 heteroatoms. The van der Waals surface area contributed by atoms with Crippen LogP contribution in [0.1, 0.15) is 25.7 Å². The second-order valence-electron chi connectivity index (χ2n) is 3.10. The van der Waals surface area contributed by atoms with Crippen LogP contribution in [0.25, 0.3) is 0 Å². The van der Waals surface area contributed by atoms with Crippen molar-refractivity contribution in [3.63, 3.8) is 0 Å². The first-order chi connectivity index (χ1) is 5.36. The molecule has 2 rings (SSSR count). The Morgan fingerprint density at radius 3 is 3.09 bits per heavy atom. The van der Waals surface area contributed by atoms with Crippen LogP contribution >= 0.6 is 0 Å². The van der Waals surface area contributed by atoms with Crippen LogP contribution in [0.2, 0.25) is 0 Å². The fraction of sp³-hybridized carbons (Fsp3) is 0.857. The van der Waals surface area contributed by atoms with E-state index >= 15 is 0 Å². The van der Waals surface area contributed by atoms with Gasteiger partial charge in [-0.15, -0.1) is 0 Å². The number of carbonyl (C=O) groups excluding carboxylic acids is 1. The fourth-order valence-electron chi connectivity index (χ4n) is 1.72. The average Bonchev–Trinajstić information content (AvgIpc) is 2.04. The predicted molar refractivity (Wildman–Crippen MR) is 38.8 cm³/mol. The van der Waals surface area contributed by atoms with Gasteiger partial charge in [-0.2, -0.15) is 0 Å². The summed E-state index contributed by atoms with van der Waals surface area (Å²) in [5, 5.41) is 0. The molecule has 1 amide bonds. The van der Waals surface area contributed by atoms with Gasteiger partial charge in [0.25, 0.3) is 0 Å². The third-order valence-corrected chi connectivity index (χ3v) is 2.32. The van der Waals surface area contributed by atoms with Crippen molar-refractivity contribution >= 4 is 6.09 Å². The standard InChI is InChI=1S/C7H12N2O2/c10-7-9-8-5-3-1-2-4-6(5)11-7/h5-6,8H,1-4H2,(H,9,10)/t5-,6+/m1/s1. The molecule has 0 bridgehead atoms. The van der Waals surface area contributed by atoms with Gasteiger partial charge in [-0.1, -0.05) is 6.42 Å². The summed E-state index contributed by atoms with van der Waals surface area (Å²) in [6.07, 6.45) is 4.28. The first-order valence-electron chi connectivity index (χ1n) is 4.08. The molecule has 1 heterocycles. The number of hydrazine groups is 1. The van der Waals surface area contributed by atoms with Crippen LogP contribution in [0.5, 0.6) is 0 Å². The molecule has 0 radical (unpaired) electrons. The van der Waals surface area contributed by atoms with E-state index in [1.165, 1.54) is 12.8 Å². The highest BCUT2D eigenvalue weighted by molar-refractivity contribution is 5.67. The molecule has 62 valence electrons. The molecular weight excluding hydrogens is 144 g/mol. The van der Waals surface area contributed by atoms with E-state index in [1.54, 1.807) is 0 Å². The average molecular weight is 156 g/mol. The number of amides is 1. The summed E-state index contributed by atoms with van der Waals surface area (Å²) >= 11 is 0. The number of rotatable bonds is 0. The van der Waals surface area contributed by atoms with Crippen LogP contribution in [0.15, 0.2) is 0 Å². The summed E-state index contributed by atoms with van der Waals surface area (Å²) in [6, 6.07) is 0.335. The van der Waals surface area contributed by atoms with Gasteiger partial charge in [0.15, 0.2) is 0 Å². The van der Waals surface area contributed by atoms with Gasteiger partial charge >= 0.3 is 6.09 Å². The van der Waals surface area contributed by atoms with E-state index in [9.17, 15) is 4.79 Å². The zero-order chi connectivity index (χ0) is 7.68. The second-order valence-corrected chi connectivity index (χ2v) is 3.10. The van der Waals surface area contributed by atoms with E-state index < -0.39 is 0 Å². The number of ether oxygens (including phenoxy) is 1. The van der Waals surface area contributed by atoms with Gasteiger partial charge in [0.2, 0.25) is 0 Å². The Kier molecular flexibility index (Phi) is 1.69. The van der Waals surface area contributed by atoms with E-state index in [1.807, 2.05) is 0 Å². The lowest BCUT2D eigenvalue weighted by Gasteiger charge is -2.35. The maximum absolute atomic E-state index is 10.7. The lowest BCUT2D eigenvalue weighted by atomic mass is 9.93. The van der Waals surface area contributed by atoms with Gasteiger partial charge in [0, 0.05) is 0 Å². The summed E-state index contributed by atoms with van der Waals surface area (Å²) < 4.78 is 5.08. The van der Waals surface area contributed by atoms with Crippen LogP contribution in [0.3, 0.4) is 0 Å². The summed E-state index contributed by atoms with van der Waals surface area (Å²) in [5.74, 6) is 0. The highest BCUT2D eigenvalue weighted by Crippen LogP contribution is 2.22. The Morgan fingerprint density at radius 1 is 1.36 bits per heavy atom. The van der Waals surface area contributed by atoms with Gasteiger partial charge in [-0.05, 0) is 19.3 Å². The Hall–Kier alpha value is -0.770. The van der Waals surface area contributed by atoms with Crippen LogP contribution in [-0.4, -0.2) is 18.2 Å². The van der Waals surface area contributed by atoms with Crippen LogP contribution < -0.4 is 10.9 Å². The number of fused-ring (bicyclic) bond motifs is 1. The smallest absolute Gasteiger partial charge is 0.421 e. The Labute approximate surface area is 65.3 Å². The molecule has 2 fully saturated rings. The van der Waals surface area contributed by atoms with E-state index in [4.69, 9.17) is 4.74 Å². The van der Waals surface area contributed by atoms with E-state index in [0.29, 0.717) is 6.04 Å². The highest BCUT2D eigenvalue weighted by atomic mass is 16.6. The summed E-state index contributed by atoms with van der Waals surface area (Å²) in [6.45, 7) is 0. The zero-order valence-corrected chi connectivity index (χ0v) is 6.30. The normalized spacial score (nSPS) is 36.9. The van der Waals surface area contributed by atoms with Gasteiger partial charge in [-0.3, -0.25) is 5.43 Å². The fourth-order valence-corrected chi connectivity index (χ4v) is 1.72.